The third kappa shape index (κ3) is 2.40. The van der Waals surface area contributed by atoms with Gasteiger partial charge in [0.25, 0.3) is 5.24 Å². The molecule has 0 bridgehead atoms. The summed E-state index contributed by atoms with van der Waals surface area (Å²) < 4.78 is 0. The molecule has 0 aromatic heterocycles. The summed E-state index contributed by atoms with van der Waals surface area (Å²) >= 11 is 5.55. The van der Waals surface area contributed by atoms with Crippen molar-refractivity contribution >= 4 is 35.5 Å². The first-order chi connectivity index (χ1) is 7.67. The Balaban J connectivity index is 2.05. The first-order valence-electron chi connectivity index (χ1n) is 5.75. The number of carbonyl (C=O) groups is 2. The number of rotatable bonds is 3. The van der Waals surface area contributed by atoms with Crippen LogP contribution in [0, 0.1) is 5.41 Å². The summed E-state index contributed by atoms with van der Waals surface area (Å²) in [4.78, 5) is 24.6. The second-order valence-electron chi connectivity index (χ2n) is 4.75. The zero-order valence-electron chi connectivity index (χ0n) is 9.28. The lowest BCUT2D eigenvalue weighted by molar-refractivity contribution is -0.125. The lowest BCUT2D eigenvalue weighted by atomic mass is 9.75. The summed E-state index contributed by atoms with van der Waals surface area (Å²) in [5.74, 6) is 1.07. The second kappa shape index (κ2) is 5.00. The number of hydrogen-bond acceptors (Lipinski definition) is 4. The largest absolute Gasteiger partial charge is 0.288 e. The van der Waals surface area contributed by atoms with Gasteiger partial charge in [-0.05, 0) is 24.0 Å². The van der Waals surface area contributed by atoms with Crippen LogP contribution in [0.25, 0.3) is 0 Å². The summed E-state index contributed by atoms with van der Waals surface area (Å²) in [6.45, 7) is 0.584. The molecule has 0 N–H and O–H groups in total. The average Bonchev–Trinajstić information content (AvgIpc) is 2.62. The Morgan fingerprint density at radius 3 is 2.44 bits per heavy atom. The minimum atomic E-state index is -0.0725. The predicted octanol–water partition coefficient (Wildman–Crippen LogP) is 2.56. The van der Waals surface area contributed by atoms with E-state index in [1.807, 2.05) is 0 Å². The standard InChI is InChI=1S/C11H17NO2S2/c13-9-6-16-10(14)12(9)7-11(8-15)4-2-1-3-5-11/h15H,1-8H2. The molecular formula is C11H17NO2S2. The number of nitrogens with zero attached hydrogens (tertiary/aromatic N) is 1. The molecule has 1 aliphatic heterocycles. The first kappa shape index (κ1) is 12.3. The zero-order valence-corrected chi connectivity index (χ0v) is 11.0. The van der Waals surface area contributed by atoms with E-state index < -0.39 is 0 Å². The van der Waals surface area contributed by atoms with Gasteiger partial charge in [0.05, 0.1) is 5.75 Å². The average molecular weight is 259 g/mol. The maximum atomic E-state index is 11.6. The normalized spacial score (nSPS) is 25.2. The van der Waals surface area contributed by atoms with Crippen molar-refractivity contribution in [2.45, 2.75) is 32.1 Å². The van der Waals surface area contributed by atoms with Crippen molar-refractivity contribution < 1.29 is 9.59 Å². The van der Waals surface area contributed by atoms with Gasteiger partial charge in [0, 0.05) is 6.54 Å². The van der Waals surface area contributed by atoms with Crippen molar-refractivity contribution in [2.24, 2.45) is 5.41 Å². The number of amides is 2. The highest BCUT2D eigenvalue weighted by molar-refractivity contribution is 8.14. The molecule has 2 aliphatic rings. The van der Waals surface area contributed by atoms with Crippen LogP contribution in [0.15, 0.2) is 0 Å². The van der Waals surface area contributed by atoms with Gasteiger partial charge in [-0.1, -0.05) is 31.0 Å². The molecule has 2 amide bonds. The molecule has 1 saturated carbocycles. The van der Waals surface area contributed by atoms with E-state index in [9.17, 15) is 9.59 Å². The van der Waals surface area contributed by atoms with E-state index in [0.29, 0.717) is 12.3 Å². The molecule has 0 aromatic carbocycles. The van der Waals surface area contributed by atoms with Crippen molar-refractivity contribution in [1.29, 1.82) is 0 Å². The van der Waals surface area contributed by atoms with E-state index in [0.717, 1.165) is 30.4 Å². The van der Waals surface area contributed by atoms with Crippen LogP contribution < -0.4 is 0 Å². The molecule has 0 spiro atoms. The quantitative estimate of drug-likeness (QED) is 0.792. The Morgan fingerprint density at radius 1 is 1.25 bits per heavy atom. The maximum absolute atomic E-state index is 11.6. The molecule has 3 nitrogen and oxygen atoms in total. The van der Waals surface area contributed by atoms with E-state index in [4.69, 9.17) is 0 Å². The molecule has 5 heteroatoms. The van der Waals surface area contributed by atoms with Gasteiger partial charge in [-0.2, -0.15) is 12.6 Å². The number of carbonyl (C=O) groups excluding carboxylic acids is 2. The Labute approximate surface area is 106 Å². The maximum Gasteiger partial charge on any atom is 0.288 e. The molecule has 2 rings (SSSR count). The van der Waals surface area contributed by atoms with Gasteiger partial charge in [-0.3, -0.25) is 14.5 Å². The fraction of sp³-hybridized carbons (Fsp3) is 0.818. The summed E-state index contributed by atoms with van der Waals surface area (Å²) in [6, 6.07) is 0. The highest BCUT2D eigenvalue weighted by Gasteiger charge is 2.39. The number of thioether (sulfide) groups is 1. The fourth-order valence-corrected chi connectivity index (χ4v) is 3.68. The van der Waals surface area contributed by atoms with Crippen LogP contribution in [0.1, 0.15) is 32.1 Å². The highest BCUT2D eigenvalue weighted by atomic mass is 32.2. The topological polar surface area (TPSA) is 37.4 Å². The summed E-state index contributed by atoms with van der Waals surface area (Å²) in [5.41, 5.74) is 0.0809. The third-order valence-electron chi connectivity index (χ3n) is 3.58. The van der Waals surface area contributed by atoms with Gasteiger partial charge in [0.15, 0.2) is 0 Å². The minimum Gasteiger partial charge on any atom is -0.273 e. The molecule has 0 radical (unpaired) electrons. The van der Waals surface area contributed by atoms with Gasteiger partial charge in [0.2, 0.25) is 5.91 Å². The van der Waals surface area contributed by atoms with Crippen molar-refractivity contribution in [3.8, 4) is 0 Å². The Hall–Kier alpha value is -0.160. The lowest BCUT2D eigenvalue weighted by Crippen LogP contribution is -2.42. The van der Waals surface area contributed by atoms with Gasteiger partial charge in [-0.25, -0.2) is 0 Å². The smallest absolute Gasteiger partial charge is 0.273 e. The fourth-order valence-electron chi connectivity index (χ4n) is 2.54. The highest BCUT2D eigenvalue weighted by Crippen LogP contribution is 2.39. The molecule has 0 unspecified atom stereocenters. The molecule has 90 valence electrons. The molecule has 1 aliphatic carbocycles. The van der Waals surface area contributed by atoms with Crippen molar-refractivity contribution in [3.05, 3.63) is 0 Å². The predicted molar refractivity (Wildman–Crippen MR) is 68.9 cm³/mol. The van der Waals surface area contributed by atoms with Gasteiger partial charge in [0.1, 0.15) is 0 Å². The zero-order chi connectivity index (χ0) is 11.6. The van der Waals surface area contributed by atoms with Gasteiger partial charge < -0.3 is 0 Å². The van der Waals surface area contributed by atoms with Crippen molar-refractivity contribution in [3.63, 3.8) is 0 Å². The third-order valence-corrected chi connectivity index (χ3v) is 5.11. The first-order valence-corrected chi connectivity index (χ1v) is 7.37. The number of imide groups is 1. The summed E-state index contributed by atoms with van der Waals surface area (Å²) in [7, 11) is 0. The summed E-state index contributed by atoms with van der Waals surface area (Å²) in [5, 5.41) is -0.0725. The van der Waals surface area contributed by atoms with Crippen LogP contribution in [-0.2, 0) is 4.79 Å². The van der Waals surface area contributed by atoms with Crippen LogP contribution in [-0.4, -0.2) is 34.1 Å². The van der Waals surface area contributed by atoms with E-state index in [1.165, 1.54) is 24.2 Å². The van der Waals surface area contributed by atoms with Crippen LogP contribution >= 0.6 is 24.4 Å². The molecule has 2 fully saturated rings. The molecule has 1 saturated heterocycles. The molecule has 16 heavy (non-hydrogen) atoms. The molecular weight excluding hydrogens is 242 g/mol. The van der Waals surface area contributed by atoms with E-state index in [2.05, 4.69) is 12.6 Å². The van der Waals surface area contributed by atoms with Crippen LogP contribution in [0.2, 0.25) is 0 Å². The van der Waals surface area contributed by atoms with Crippen molar-refractivity contribution in [1.82, 2.24) is 4.90 Å². The van der Waals surface area contributed by atoms with E-state index in [1.54, 1.807) is 0 Å². The van der Waals surface area contributed by atoms with Crippen molar-refractivity contribution in [2.75, 3.05) is 18.1 Å². The van der Waals surface area contributed by atoms with Crippen LogP contribution in [0.3, 0.4) is 0 Å². The van der Waals surface area contributed by atoms with Crippen LogP contribution in [0.4, 0.5) is 4.79 Å². The minimum absolute atomic E-state index is 0.0262. The van der Waals surface area contributed by atoms with Gasteiger partial charge in [-0.15, -0.1) is 0 Å². The second-order valence-corrected chi connectivity index (χ2v) is 6.00. The molecule has 0 atom stereocenters. The van der Waals surface area contributed by atoms with E-state index >= 15 is 0 Å². The SMILES string of the molecule is O=C1CSC(=O)N1CC1(CS)CCCCC1. The number of hydrogen-bond donors (Lipinski definition) is 1. The Morgan fingerprint density at radius 2 is 1.94 bits per heavy atom. The number of thiol groups is 1. The summed E-state index contributed by atoms with van der Waals surface area (Å²) in [6.07, 6.45) is 5.86. The van der Waals surface area contributed by atoms with Crippen LogP contribution in [0.5, 0.6) is 0 Å². The Kier molecular flexibility index (Phi) is 3.85. The van der Waals surface area contributed by atoms with E-state index in [-0.39, 0.29) is 16.6 Å². The monoisotopic (exact) mass is 259 g/mol. The lowest BCUT2D eigenvalue weighted by Gasteiger charge is -2.38. The Bertz CT molecular complexity index is 284. The van der Waals surface area contributed by atoms with Gasteiger partial charge >= 0.3 is 0 Å². The molecule has 0 aromatic rings. The molecule has 1 heterocycles.